The summed E-state index contributed by atoms with van der Waals surface area (Å²) < 4.78 is 57.8. The van der Waals surface area contributed by atoms with Gasteiger partial charge in [0, 0.05) is 58.8 Å². The first kappa shape index (κ1) is 26.5. The van der Waals surface area contributed by atoms with Crippen LogP contribution < -0.4 is 0 Å². The minimum Gasteiger partial charge on any atom is -0.309 e. The Balaban J connectivity index is 1.14. The summed E-state index contributed by atoms with van der Waals surface area (Å²) in [6.07, 6.45) is 0. The standard InChI is InChI=1S/C51H32N4S/c1-3-14-34(15-4-1)49-52-50(35-16-5-2-6-17-35)54-51(53-49)36-28-26-33(27-29-36)37-30-31-40(42-21-13-22-43-41-20-9-12-25-47(41)56-48(42)43)46(32-37)55-44-23-10-7-18-38(44)39-19-8-11-24-45(39)55/h1-32H/i7D,8D,18D,19D,23D,24D. The largest absolute Gasteiger partial charge is 0.309 e. The van der Waals surface area contributed by atoms with Gasteiger partial charge in [-0.1, -0.05) is 170 Å². The van der Waals surface area contributed by atoms with E-state index in [1.165, 1.54) is 12.1 Å². The first-order chi connectivity index (χ1) is 30.2. The third-order valence-electron chi connectivity index (χ3n) is 10.2. The third kappa shape index (κ3) is 5.40. The van der Waals surface area contributed by atoms with Crippen LogP contribution in [0.5, 0.6) is 0 Å². The lowest BCUT2D eigenvalue weighted by Crippen LogP contribution is -2.00. The smallest absolute Gasteiger partial charge is 0.164 e. The quantitative estimate of drug-likeness (QED) is 0.171. The maximum Gasteiger partial charge on any atom is 0.164 e. The number of nitrogens with zero attached hydrogens (tertiary/aromatic N) is 4. The highest BCUT2D eigenvalue weighted by atomic mass is 32.1. The third-order valence-corrected chi connectivity index (χ3v) is 11.5. The summed E-state index contributed by atoms with van der Waals surface area (Å²) in [7, 11) is 0. The molecule has 3 heterocycles. The molecule has 0 radical (unpaired) electrons. The molecule has 0 aliphatic rings. The highest BCUT2D eigenvalue weighted by Gasteiger charge is 2.19. The minimum absolute atomic E-state index is 0.00889. The molecule has 0 amide bonds. The van der Waals surface area contributed by atoms with Gasteiger partial charge in [0.05, 0.1) is 24.9 Å². The first-order valence-electron chi connectivity index (χ1n) is 21.3. The Labute approximate surface area is 336 Å². The molecule has 5 heteroatoms. The van der Waals surface area contributed by atoms with Gasteiger partial charge in [0.25, 0.3) is 0 Å². The molecule has 0 fully saturated rings. The predicted molar refractivity (Wildman–Crippen MR) is 234 cm³/mol. The van der Waals surface area contributed by atoms with Crippen molar-refractivity contribution in [3.05, 3.63) is 194 Å². The van der Waals surface area contributed by atoms with Crippen molar-refractivity contribution in [2.24, 2.45) is 0 Å². The Kier molecular flexibility index (Phi) is 6.29. The van der Waals surface area contributed by atoms with Crippen molar-refractivity contribution in [2.75, 3.05) is 0 Å². The Hall–Kier alpha value is -7.21. The topological polar surface area (TPSA) is 43.6 Å². The van der Waals surface area contributed by atoms with Crippen molar-refractivity contribution < 1.29 is 8.22 Å². The second kappa shape index (κ2) is 13.3. The number of aromatic nitrogens is 4. The average molecular weight is 739 g/mol. The molecule has 262 valence electrons. The summed E-state index contributed by atoms with van der Waals surface area (Å²) in [6, 6.07) is 50.5. The summed E-state index contributed by atoms with van der Waals surface area (Å²) in [5.41, 5.74) is 7.37. The number of fused-ring (bicyclic) bond motifs is 6. The van der Waals surface area contributed by atoms with E-state index >= 15 is 0 Å². The SMILES string of the molecule is [2H]c1cc([2H])c2c(c1[2H])c1c([2H])c([2H])cc([2H])c1n2-c1cc(-c2ccc(-c3nc(-c4ccccc4)nc(-c4ccccc4)n3)cc2)ccc1-c1cccc2c1sc1ccccc12. The van der Waals surface area contributed by atoms with Gasteiger partial charge in [0.2, 0.25) is 0 Å². The van der Waals surface area contributed by atoms with Crippen molar-refractivity contribution in [3.8, 4) is 62.1 Å². The summed E-state index contributed by atoms with van der Waals surface area (Å²) >= 11 is 1.70. The van der Waals surface area contributed by atoms with E-state index in [1.54, 1.807) is 11.3 Å². The fourth-order valence-electron chi connectivity index (χ4n) is 7.59. The second-order valence-electron chi connectivity index (χ2n) is 13.5. The van der Waals surface area contributed by atoms with Gasteiger partial charge in [0.1, 0.15) is 0 Å². The van der Waals surface area contributed by atoms with Gasteiger partial charge in [-0.05, 0) is 35.3 Å². The number of para-hydroxylation sites is 2. The van der Waals surface area contributed by atoms with Crippen LogP contribution in [0, 0.1) is 0 Å². The van der Waals surface area contributed by atoms with Crippen molar-refractivity contribution in [3.63, 3.8) is 0 Å². The van der Waals surface area contributed by atoms with Gasteiger partial charge in [-0.3, -0.25) is 0 Å². The maximum absolute atomic E-state index is 9.25. The Bertz CT molecular complexity index is 3460. The highest BCUT2D eigenvalue weighted by molar-refractivity contribution is 7.26. The molecule has 0 unspecified atom stereocenters. The van der Waals surface area contributed by atoms with E-state index in [0.29, 0.717) is 34.2 Å². The van der Waals surface area contributed by atoms with Gasteiger partial charge < -0.3 is 4.57 Å². The fourth-order valence-corrected chi connectivity index (χ4v) is 8.82. The molecule has 0 spiro atoms. The number of thiophene rings is 1. The Morgan fingerprint density at radius 2 is 0.946 bits per heavy atom. The van der Waals surface area contributed by atoms with E-state index in [0.717, 1.165) is 59.1 Å². The summed E-state index contributed by atoms with van der Waals surface area (Å²) in [4.78, 5) is 14.7. The normalized spacial score (nSPS) is 13.1. The lowest BCUT2D eigenvalue weighted by atomic mass is 9.96. The maximum atomic E-state index is 9.25. The number of hydrogen-bond acceptors (Lipinski definition) is 4. The van der Waals surface area contributed by atoms with Crippen LogP contribution in [-0.4, -0.2) is 19.5 Å². The zero-order valence-corrected chi connectivity index (χ0v) is 30.5. The number of benzene rings is 8. The van der Waals surface area contributed by atoms with Gasteiger partial charge in [0.15, 0.2) is 17.5 Å². The molecule has 0 bridgehead atoms. The van der Waals surface area contributed by atoms with Crippen LogP contribution in [0.3, 0.4) is 0 Å². The van der Waals surface area contributed by atoms with E-state index in [1.807, 2.05) is 114 Å². The molecule has 0 aliphatic carbocycles. The minimum atomic E-state index is -0.156. The van der Waals surface area contributed by atoms with E-state index in [-0.39, 0.29) is 47.0 Å². The molecule has 11 aromatic rings. The first-order valence-corrected chi connectivity index (χ1v) is 19.1. The summed E-state index contributed by atoms with van der Waals surface area (Å²) in [6.45, 7) is 0. The molecule has 0 atom stereocenters. The average Bonchev–Trinajstić information content (AvgIpc) is 3.88. The highest BCUT2D eigenvalue weighted by Crippen LogP contribution is 2.44. The van der Waals surface area contributed by atoms with Crippen molar-refractivity contribution in [1.82, 2.24) is 19.5 Å². The second-order valence-corrected chi connectivity index (χ2v) is 14.6. The molecule has 8 aromatic carbocycles. The van der Waals surface area contributed by atoms with E-state index in [2.05, 4.69) is 36.4 Å². The van der Waals surface area contributed by atoms with E-state index < -0.39 is 0 Å². The number of hydrogen-bond donors (Lipinski definition) is 0. The monoisotopic (exact) mass is 738 g/mol. The van der Waals surface area contributed by atoms with Crippen LogP contribution in [0.2, 0.25) is 0 Å². The van der Waals surface area contributed by atoms with Crippen LogP contribution in [0.1, 0.15) is 8.22 Å². The molecular formula is C51H32N4S. The molecule has 0 saturated heterocycles. The van der Waals surface area contributed by atoms with Crippen LogP contribution in [0.15, 0.2) is 194 Å². The van der Waals surface area contributed by atoms with Gasteiger partial charge >= 0.3 is 0 Å². The number of rotatable bonds is 6. The molecule has 0 N–H and O–H groups in total. The van der Waals surface area contributed by atoms with Crippen molar-refractivity contribution >= 4 is 53.3 Å². The van der Waals surface area contributed by atoms with Gasteiger partial charge in [-0.15, -0.1) is 11.3 Å². The zero-order chi connectivity index (χ0) is 42.2. The molecular weight excluding hydrogens is 701 g/mol. The summed E-state index contributed by atoms with van der Waals surface area (Å²) in [5, 5.41) is 2.70. The Morgan fingerprint density at radius 3 is 1.59 bits per heavy atom. The fraction of sp³-hybridized carbons (Fsp3) is 0. The zero-order valence-electron chi connectivity index (χ0n) is 35.7. The van der Waals surface area contributed by atoms with E-state index in [4.69, 9.17) is 20.4 Å². The molecule has 11 rings (SSSR count). The lowest BCUT2D eigenvalue weighted by Gasteiger charge is -2.17. The van der Waals surface area contributed by atoms with Crippen LogP contribution in [0.4, 0.5) is 0 Å². The van der Waals surface area contributed by atoms with Crippen LogP contribution in [0.25, 0.3) is 104 Å². The van der Waals surface area contributed by atoms with Gasteiger partial charge in [-0.2, -0.15) is 0 Å². The Morgan fingerprint density at radius 1 is 0.411 bits per heavy atom. The summed E-state index contributed by atoms with van der Waals surface area (Å²) in [5.74, 6) is 1.68. The van der Waals surface area contributed by atoms with Gasteiger partial charge in [-0.25, -0.2) is 15.0 Å². The molecule has 56 heavy (non-hydrogen) atoms. The molecule has 3 aromatic heterocycles. The van der Waals surface area contributed by atoms with Crippen molar-refractivity contribution in [2.45, 2.75) is 0 Å². The van der Waals surface area contributed by atoms with Crippen molar-refractivity contribution in [1.29, 1.82) is 0 Å². The lowest BCUT2D eigenvalue weighted by molar-refractivity contribution is 1.07. The van der Waals surface area contributed by atoms with E-state index in [9.17, 15) is 2.74 Å². The molecule has 0 aliphatic heterocycles. The molecule has 4 nitrogen and oxygen atoms in total. The van der Waals surface area contributed by atoms with Crippen LogP contribution in [-0.2, 0) is 0 Å². The predicted octanol–water partition coefficient (Wildman–Crippen LogP) is 13.7. The van der Waals surface area contributed by atoms with Crippen LogP contribution >= 0.6 is 11.3 Å². The molecule has 0 saturated carbocycles.